The minimum atomic E-state index is 0.626. The molecule has 0 atom stereocenters. The second-order valence-corrected chi connectivity index (χ2v) is 2.02. The molecule has 10 heavy (non-hydrogen) atoms. The van der Waals surface area contributed by atoms with Crippen molar-refractivity contribution in [3.05, 3.63) is 11.8 Å². The van der Waals surface area contributed by atoms with E-state index in [1.807, 2.05) is 13.8 Å². The second-order valence-electron chi connectivity index (χ2n) is 2.02. The highest BCUT2D eigenvalue weighted by atomic mass is 16.5. The first-order valence-electron chi connectivity index (χ1n) is 3.61. The molecule has 0 amide bonds. The first-order chi connectivity index (χ1) is 4.85. The Balaban J connectivity index is 3.66. The largest absolute Gasteiger partial charge is 0.501 e. The maximum Gasteiger partial charge on any atom is 0.149 e. The third-order valence-corrected chi connectivity index (χ3v) is 1.09. The topological polar surface area (TPSA) is 26.3 Å². The summed E-state index contributed by atoms with van der Waals surface area (Å²) in [6, 6.07) is 0. The van der Waals surface area contributed by atoms with E-state index in [9.17, 15) is 4.79 Å². The van der Waals surface area contributed by atoms with E-state index in [0.717, 1.165) is 24.7 Å². The van der Waals surface area contributed by atoms with Gasteiger partial charge in [0.05, 0.1) is 12.9 Å². The number of carbonyl (C=O) groups excluding carboxylic acids is 1. The Labute approximate surface area is 61.9 Å². The molecule has 0 bridgehead atoms. The van der Waals surface area contributed by atoms with Gasteiger partial charge in [0, 0.05) is 5.57 Å². The Bertz CT molecular complexity index is 116. The van der Waals surface area contributed by atoms with Crippen molar-refractivity contribution in [2.24, 2.45) is 0 Å². The van der Waals surface area contributed by atoms with Gasteiger partial charge in [-0.1, -0.05) is 13.3 Å². The number of carbonyl (C=O) groups is 1. The van der Waals surface area contributed by atoms with Crippen LogP contribution in [0.4, 0.5) is 0 Å². The summed E-state index contributed by atoms with van der Waals surface area (Å²) in [6.45, 7) is 4.55. The molecule has 0 heterocycles. The summed E-state index contributed by atoms with van der Waals surface area (Å²) in [5.74, 6) is 0. The first kappa shape index (κ1) is 9.21. The van der Waals surface area contributed by atoms with Crippen molar-refractivity contribution in [3.63, 3.8) is 0 Å². The van der Waals surface area contributed by atoms with E-state index >= 15 is 0 Å². The Morgan fingerprint density at radius 3 is 2.60 bits per heavy atom. The van der Waals surface area contributed by atoms with Crippen LogP contribution in [0.2, 0.25) is 0 Å². The van der Waals surface area contributed by atoms with Crippen LogP contribution in [0.1, 0.15) is 26.7 Å². The molecule has 0 aliphatic heterocycles. The van der Waals surface area contributed by atoms with Gasteiger partial charge in [0.15, 0.2) is 0 Å². The van der Waals surface area contributed by atoms with E-state index in [-0.39, 0.29) is 0 Å². The number of ether oxygens (including phenoxy) is 1. The summed E-state index contributed by atoms with van der Waals surface area (Å²) in [6.07, 6.45) is 4.18. The summed E-state index contributed by atoms with van der Waals surface area (Å²) in [5, 5.41) is 0. The molecule has 0 spiro atoms. The van der Waals surface area contributed by atoms with Gasteiger partial charge in [-0.15, -0.1) is 0 Å². The van der Waals surface area contributed by atoms with Crippen LogP contribution in [0.25, 0.3) is 0 Å². The Morgan fingerprint density at radius 1 is 1.50 bits per heavy atom. The van der Waals surface area contributed by atoms with Crippen LogP contribution < -0.4 is 0 Å². The summed E-state index contributed by atoms with van der Waals surface area (Å²) in [7, 11) is 0. The van der Waals surface area contributed by atoms with Crippen LogP contribution >= 0.6 is 0 Å². The van der Waals surface area contributed by atoms with Crippen molar-refractivity contribution in [2.75, 3.05) is 6.61 Å². The van der Waals surface area contributed by atoms with Crippen molar-refractivity contribution < 1.29 is 9.53 Å². The molecule has 2 nitrogen and oxygen atoms in total. The van der Waals surface area contributed by atoms with Crippen molar-refractivity contribution >= 4 is 6.29 Å². The highest BCUT2D eigenvalue weighted by Crippen LogP contribution is 2.00. The van der Waals surface area contributed by atoms with Gasteiger partial charge in [0.25, 0.3) is 0 Å². The van der Waals surface area contributed by atoms with Crippen LogP contribution in [-0.2, 0) is 9.53 Å². The Hall–Kier alpha value is -0.790. The van der Waals surface area contributed by atoms with Crippen molar-refractivity contribution in [1.29, 1.82) is 0 Å². The smallest absolute Gasteiger partial charge is 0.149 e. The van der Waals surface area contributed by atoms with Crippen LogP contribution in [0, 0.1) is 0 Å². The van der Waals surface area contributed by atoms with Gasteiger partial charge in [-0.25, -0.2) is 0 Å². The molecule has 0 aromatic rings. The monoisotopic (exact) mass is 142 g/mol. The van der Waals surface area contributed by atoms with Crippen LogP contribution in [-0.4, -0.2) is 12.9 Å². The number of hydrogen-bond donors (Lipinski definition) is 0. The molecule has 2 heteroatoms. The lowest BCUT2D eigenvalue weighted by Crippen LogP contribution is -1.87. The zero-order valence-corrected chi connectivity index (χ0v) is 6.59. The summed E-state index contributed by atoms with van der Waals surface area (Å²) < 4.78 is 4.95. The lowest BCUT2D eigenvalue weighted by atomic mass is 10.2. The number of hydrogen-bond acceptors (Lipinski definition) is 2. The lowest BCUT2D eigenvalue weighted by molar-refractivity contribution is -0.105. The van der Waals surface area contributed by atoms with E-state index in [4.69, 9.17) is 4.74 Å². The molecular formula is C8H14O2. The van der Waals surface area contributed by atoms with Crippen molar-refractivity contribution in [2.45, 2.75) is 26.7 Å². The molecule has 0 rings (SSSR count). The lowest BCUT2D eigenvalue weighted by Gasteiger charge is -1.96. The van der Waals surface area contributed by atoms with Gasteiger partial charge in [0.1, 0.15) is 6.29 Å². The zero-order chi connectivity index (χ0) is 7.82. The maximum atomic E-state index is 10.3. The standard InChI is InChI=1S/C8H14O2/c1-3-5-8(6-9)7-10-4-2/h6-7H,3-5H2,1-2H3. The highest BCUT2D eigenvalue weighted by molar-refractivity contribution is 5.72. The van der Waals surface area contributed by atoms with Gasteiger partial charge >= 0.3 is 0 Å². The second kappa shape index (κ2) is 6.33. The minimum absolute atomic E-state index is 0.626. The molecule has 0 saturated carbocycles. The van der Waals surface area contributed by atoms with Gasteiger partial charge < -0.3 is 4.74 Å². The van der Waals surface area contributed by atoms with Gasteiger partial charge in [-0.05, 0) is 13.3 Å². The number of allylic oxidation sites excluding steroid dienone is 1. The molecule has 0 aromatic heterocycles. The van der Waals surface area contributed by atoms with Crippen LogP contribution in [0.3, 0.4) is 0 Å². The fraction of sp³-hybridized carbons (Fsp3) is 0.625. The van der Waals surface area contributed by atoms with E-state index < -0.39 is 0 Å². The summed E-state index contributed by atoms with van der Waals surface area (Å²) in [5.41, 5.74) is 0.740. The first-order valence-corrected chi connectivity index (χ1v) is 3.61. The van der Waals surface area contributed by atoms with Gasteiger partial charge in [-0.2, -0.15) is 0 Å². The van der Waals surface area contributed by atoms with Gasteiger partial charge in [0.2, 0.25) is 0 Å². The van der Waals surface area contributed by atoms with E-state index in [0.29, 0.717) is 6.61 Å². The summed E-state index contributed by atoms with van der Waals surface area (Å²) >= 11 is 0. The van der Waals surface area contributed by atoms with Crippen molar-refractivity contribution in [3.8, 4) is 0 Å². The molecule has 0 N–H and O–H groups in total. The predicted octanol–water partition coefficient (Wildman–Crippen LogP) is 1.91. The fourth-order valence-corrected chi connectivity index (χ4v) is 0.625. The third kappa shape index (κ3) is 4.13. The van der Waals surface area contributed by atoms with E-state index in [1.54, 1.807) is 0 Å². The highest BCUT2D eigenvalue weighted by Gasteiger charge is 1.91. The van der Waals surface area contributed by atoms with Crippen molar-refractivity contribution in [1.82, 2.24) is 0 Å². The number of aldehydes is 1. The molecule has 0 aliphatic carbocycles. The maximum absolute atomic E-state index is 10.3. The Kier molecular flexibility index (Phi) is 5.83. The van der Waals surface area contributed by atoms with E-state index in [1.165, 1.54) is 6.26 Å². The SMILES string of the molecule is CCCC(C=O)=COCC. The molecule has 0 aliphatic rings. The van der Waals surface area contributed by atoms with Crippen LogP contribution in [0.15, 0.2) is 11.8 Å². The Morgan fingerprint density at radius 2 is 2.20 bits per heavy atom. The van der Waals surface area contributed by atoms with Gasteiger partial charge in [-0.3, -0.25) is 4.79 Å². The van der Waals surface area contributed by atoms with E-state index in [2.05, 4.69) is 0 Å². The minimum Gasteiger partial charge on any atom is -0.501 e. The normalized spacial score (nSPS) is 11.2. The fourth-order valence-electron chi connectivity index (χ4n) is 0.625. The average molecular weight is 142 g/mol. The molecule has 58 valence electrons. The van der Waals surface area contributed by atoms with Crippen LogP contribution in [0.5, 0.6) is 0 Å². The third-order valence-electron chi connectivity index (χ3n) is 1.09. The quantitative estimate of drug-likeness (QED) is 0.333. The molecule has 0 fully saturated rings. The molecular weight excluding hydrogens is 128 g/mol. The molecule has 0 aromatic carbocycles. The average Bonchev–Trinajstić information content (AvgIpc) is 1.98. The molecule has 0 radical (unpaired) electrons. The molecule has 0 saturated heterocycles. The zero-order valence-electron chi connectivity index (χ0n) is 6.59. The number of rotatable bonds is 5. The summed E-state index contributed by atoms with van der Waals surface area (Å²) in [4.78, 5) is 10.3. The molecule has 0 unspecified atom stereocenters. The predicted molar refractivity (Wildman–Crippen MR) is 40.7 cm³/mol.